The molecule has 0 amide bonds. The van der Waals surface area contributed by atoms with Crippen LogP contribution in [0.25, 0.3) is 0 Å². The Bertz CT molecular complexity index is 97.1. The summed E-state index contributed by atoms with van der Waals surface area (Å²) in [6, 6.07) is 0. The van der Waals surface area contributed by atoms with Crippen molar-refractivity contribution in [3.8, 4) is 0 Å². The molecule has 0 unspecified atom stereocenters. The van der Waals surface area contributed by atoms with Crippen LogP contribution in [0.1, 0.15) is 26.7 Å². The molecule has 52 valence electrons. The first kappa shape index (κ1) is 7.20. The van der Waals surface area contributed by atoms with Crippen LogP contribution in [0.2, 0.25) is 0 Å². The zero-order chi connectivity index (χ0) is 6.69. The fourth-order valence-electron chi connectivity index (χ4n) is 1.09. The van der Waals surface area contributed by atoms with Gasteiger partial charge in [0.2, 0.25) is 0 Å². The SMILES string of the molecule is CC(C)SC1CC=CC1. The van der Waals surface area contributed by atoms with E-state index in [1.807, 2.05) is 0 Å². The first-order valence-corrected chi connectivity index (χ1v) is 4.54. The van der Waals surface area contributed by atoms with Crippen LogP contribution in [0.5, 0.6) is 0 Å². The van der Waals surface area contributed by atoms with Gasteiger partial charge in [0, 0.05) is 5.25 Å². The smallest absolute Gasteiger partial charge is 0.0119 e. The second-order valence-corrected chi connectivity index (χ2v) is 4.63. The largest absolute Gasteiger partial charge is 0.155 e. The Labute approximate surface area is 61.7 Å². The molecule has 0 heterocycles. The molecule has 0 N–H and O–H groups in total. The summed E-state index contributed by atoms with van der Waals surface area (Å²) in [5.41, 5.74) is 0. The van der Waals surface area contributed by atoms with Crippen LogP contribution in [0, 0.1) is 0 Å². The van der Waals surface area contributed by atoms with Crippen LogP contribution in [0.15, 0.2) is 12.2 Å². The van der Waals surface area contributed by atoms with Crippen LogP contribution >= 0.6 is 11.8 Å². The lowest BCUT2D eigenvalue weighted by atomic mass is 10.3. The standard InChI is InChI=1S/C8H14S/c1-7(2)9-8-5-3-4-6-8/h3-4,7-8H,5-6H2,1-2H3. The van der Waals surface area contributed by atoms with Gasteiger partial charge in [-0.2, -0.15) is 11.8 Å². The van der Waals surface area contributed by atoms with Crippen molar-refractivity contribution in [3.63, 3.8) is 0 Å². The summed E-state index contributed by atoms with van der Waals surface area (Å²) >= 11 is 2.10. The average molecular weight is 142 g/mol. The summed E-state index contributed by atoms with van der Waals surface area (Å²) in [4.78, 5) is 0. The third-order valence-electron chi connectivity index (χ3n) is 1.43. The molecule has 9 heavy (non-hydrogen) atoms. The molecule has 1 rings (SSSR count). The highest BCUT2D eigenvalue weighted by Gasteiger charge is 2.11. The lowest BCUT2D eigenvalue weighted by Gasteiger charge is -2.10. The van der Waals surface area contributed by atoms with Gasteiger partial charge in [0.05, 0.1) is 0 Å². The quantitative estimate of drug-likeness (QED) is 0.534. The Morgan fingerprint density at radius 3 is 2.33 bits per heavy atom. The predicted molar refractivity (Wildman–Crippen MR) is 44.9 cm³/mol. The molecular weight excluding hydrogens is 128 g/mol. The minimum Gasteiger partial charge on any atom is -0.155 e. The zero-order valence-electron chi connectivity index (χ0n) is 6.13. The summed E-state index contributed by atoms with van der Waals surface area (Å²) in [7, 11) is 0. The van der Waals surface area contributed by atoms with Gasteiger partial charge in [0.1, 0.15) is 0 Å². The highest BCUT2D eigenvalue weighted by molar-refractivity contribution is 8.00. The van der Waals surface area contributed by atoms with Crippen LogP contribution in [0.3, 0.4) is 0 Å². The minimum atomic E-state index is 0.801. The molecule has 0 aromatic carbocycles. The number of hydrogen-bond donors (Lipinski definition) is 0. The van der Waals surface area contributed by atoms with Crippen LogP contribution in [0.4, 0.5) is 0 Å². The van der Waals surface area contributed by atoms with E-state index in [1.54, 1.807) is 0 Å². The van der Waals surface area contributed by atoms with E-state index >= 15 is 0 Å². The lowest BCUT2D eigenvalue weighted by Crippen LogP contribution is -2.00. The van der Waals surface area contributed by atoms with E-state index in [-0.39, 0.29) is 0 Å². The molecule has 0 saturated heterocycles. The van der Waals surface area contributed by atoms with Gasteiger partial charge in [-0.1, -0.05) is 26.0 Å². The monoisotopic (exact) mass is 142 g/mol. The van der Waals surface area contributed by atoms with E-state index in [4.69, 9.17) is 0 Å². The first-order chi connectivity index (χ1) is 4.29. The number of thioether (sulfide) groups is 1. The van der Waals surface area contributed by atoms with E-state index < -0.39 is 0 Å². The molecule has 0 aliphatic heterocycles. The molecule has 1 heteroatoms. The number of hydrogen-bond acceptors (Lipinski definition) is 1. The van der Waals surface area contributed by atoms with Crippen molar-refractivity contribution in [3.05, 3.63) is 12.2 Å². The topological polar surface area (TPSA) is 0 Å². The molecule has 1 aliphatic carbocycles. The Hall–Kier alpha value is 0.0900. The number of rotatable bonds is 2. The fourth-order valence-corrected chi connectivity index (χ4v) is 2.30. The second kappa shape index (κ2) is 3.31. The van der Waals surface area contributed by atoms with Crippen LogP contribution in [-0.2, 0) is 0 Å². The third-order valence-corrected chi connectivity index (χ3v) is 2.74. The molecule has 0 radical (unpaired) electrons. The van der Waals surface area contributed by atoms with Crippen molar-refractivity contribution < 1.29 is 0 Å². The van der Waals surface area contributed by atoms with Gasteiger partial charge in [0.25, 0.3) is 0 Å². The fraction of sp³-hybridized carbons (Fsp3) is 0.750. The maximum absolute atomic E-state index is 2.29. The molecule has 0 spiro atoms. The molecule has 0 nitrogen and oxygen atoms in total. The summed E-state index contributed by atoms with van der Waals surface area (Å²) in [5.74, 6) is 0. The van der Waals surface area contributed by atoms with E-state index in [1.165, 1.54) is 12.8 Å². The molecule has 0 bridgehead atoms. The lowest BCUT2D eigenvalue weighted by molar-refractivity contribution is 0.937. The van der Waals surface area contributed by atoms with Crippen molar-refractivity contribution >= 4 is 11.8 Å². The molecule has 0 aromatic heterocycles. The summed E-state index contributed by atoms with van der Waals surface area (Å²) in [6.45, 7) is 4.53. The van der Waals surface area contributed by atoms with Gasteiger partial charge in [-0.15, -0.1) is 0 Å². The Morgan fingerprint density at radius 2 is 1.89 bits per heavy atom. The third kappa shape index (κ3) is 2.44. The molecule has 0 saturated carbocycles. The van der Waals surface area contributed by atoms with Crippen molar-refractivity contribution in [2.45, 2.75) is 37.2 Å². The maximum Gasteiger partial charge on any atom is 0.0119 e. The minimum absolute atomic E-state index is 0.801. The van der Waals surface area contributed by atoms with E-state index in [0.29, 0.717) is 0 Å². The second-order valence-electron chi connectivity index (χ2n) is 2.75. The van der Waals surface area contributed by atoms with Gasteiger partial charge in [-0.3, -0.25) is 0 Å². The Morgan fingerprint density at radius 1 is 1.33 bits per heavy atom. The van der Waals surface area contributed by atoms with Crippen LogP contribution in [-0.4, -0.2) is 10.5 Å². The van der Waals surface area contributed by atoms with Gasteiger partial charge >= 0.3 is 0 Å². The molecule has 0 atom stereocenters. The van der Waals surface area contributed by atoms with Gasteiger partial charge in [-0.05, 0) is 18.1 Å². The van der Waals surface area contributed by atoms with Gasteiger partial charge < -0.3 is 0 Å². The van der Waals surface area contributed by atoms with Crippen molar-refractivity contribution in [1.82, 2.24) is 0 Å². The summed E-state index contributed by atoms with van der Waals surface area (Å²) < 4.78 is 0. The Kier molecular flexibility index (Phi) is 2.65. The Balaban J connectivity index is 2.14. The van der Waals surface area contributed by atoms with Crippen LogP contribution < -0.4 is 0 Å². The normalized spacial score (nSPS) is 19.9. The highest BCUT2D eigenvalue weighted by Crippen LogP contribution is 2.27. The average Bonchev–Trinajstić information content (AvgIpc) is 2.15. The summed E-state index contributed by atoms with van der Waals surface area (Å²) in [5, 5.41) is 1.69. The molecule has 1 aliphatic rings. The molecule has 0 aromatic rings. The number of allylic oxidation sites excluding steroid dienone is 2. The molecule has 0 fully saturated rings. The van der Waals surface area contributed by atoms with E-state index in [9.17, 15) is 0 Å². The van der Waals surface area contributed by atoms with E-state index in [2.05, 4.69) is 37.8 Å². The molecular formula is C8H14S. The predicted octanol–water partition coefficient (Wildman–Crippen LogP) is 2.85. The van der Waals surface area contributed by atoms with E-state index in [0.717, 1.165) is 10.5 Å². The van der Waals surface area contributed by atoms with Gasteiger partial charge in [-0.25, -0.2) is 0 Å². The highest BCUT2D eigenvalue weighted by atomic mass is 32.2. The maximum atomic E-state index is 2.29. The van der Waals surface area contributed by atoms with Crippen molar-refractivity contribution in [2.75, 3.05) is 0 Å². The van der Waals surface area contributed by atoms with Crippen molar-refractivity contribution in [1.29, 1.82) is 0 Å². The van der Waals surface area contributed by atoms with Crippen molar-refractivity contribution in [2.24, 2.45) is 0 Å². The first-order valence-electron chi connectivity index (χ1n) is 3.59. The van der Waals surface area contributed by atoms with Gasteiger partial charge in [0.15, 0.2) is 0 Å². The summed E-state index contributed by atoms with van der Waals surface area (Å²) in [6.07, 6.45) is 7.17. The zero-order valence-corrected chi connectivity index (χ0v) is 6.95.